The minimum absolute atomic E-state index is 0.475. The van der Waals surface area contributed by atoms with Crippen LogP contribution in [0, 0.1) is 13.8 Å². The van der Waals surface area contributed by atoms with Gasteiger partial charge in [0.1, 0.15) is 18.2 Å². The SMILES string of the molecule is Cc1cc(C)c(OCc2ccccc2)c(-c2cc(N)n[nH]2)c1. The minimum Gasteiger partial charge on any atom is -0.488 e. The van der Waals surface area contributed by atoms with Crippen molar-refractivity contribution in [3.8, 4) is 17.0 Å². The molecule has 4 nitrogen and oxygen atoms in total. The summed E-state index contributed by atoms with van der Waals surface area (Å²) >= 11 is 0. The van der Waals surface area contributed by atoms with Crippen LogP contribution < -0.4 is 10.5 Å². The first-order valence-corrected chi connectivity index (χ1v) is 7.22. The van der Waals surface area contributed by atoms with E-state index >= 15 is 0 Å². The number of nitrogen functional groups attached to an aromatic ring is 1. The number of anilines is 1. The molecule has 0 amide bonds. The molecule has 3 N–H and O–H groups in total. The predicted octanol–water partition coefficient (Wildman–Crippen LogP) is 3.85. The van der Waals surface area contributed by atoms with Crippen LogP contribution in [0.15, 0.2) is 48.5 Å². The molecule has 0 saturated heterocycles. The third-order valence-electron chi connectivity index (χ3n) is 3.53. The molecule has 112 valence electrons. The van der Waals surface area contributed by atoms with Gasteiger partial charge < -0.3 is 10.5 Å². The summed E-state index contributed by atoms with van der Waals surface area (Å²) in [4.78, 5) is 0. The number of aryl methyl sites for hydroxylation is 2. The van der Waals surface area contributed by atoms with Gasteiger partial charge in [0.25, 0.3) is 0 Å². The molecule has 0 aliphatic rings. The van der Waals surface area contributed by atoms with Gasteiger partial charge in [0.15, 0.2) is 0 Å². The van der Waals surface area contributed by atoms with E-state index in [1.807, 2.05) is 24.3 Å². The van der Waals surface area contributed by atoms with Crippen molar-refractivity contribution in [3.63, 3.8) is 0 Å². The molecule has 0 spiro atoms. The summed E-state index contributed by atoms with van der Waals surface area (Å²) < 4.78 is 6.08. The van der Waals surface area contributed by atoms with Crippen molar-refractivity contribution in [3.05, 3.63) is 65.2 Å². The maximum absolute atomic E-state index is 6.08. The molecular weight excluding hydrogens is 274 g/mol. The van der Waals surface area contributed by atoms with Crippen molar-refractivity contribution < 1.29 is 4.74 Å². The zero-order valence-corrected chi connectivity index (χ0v) is 12.8. The summed E-state index contributed by atoms with van der Waals surface area (Å²) in [6.45, 7) is 4.65. The summed E-state index contributed by atoms with van der Waals surface area (Å²) in [5.74, 6) is 1.33. The van der Waals surface area contributed by atoms with Crippen LogP contribution in [-0.4, -0.2) is 10.2 Å². The fraction of sp³-hybridized carbons (Fsp3) is 0.167. The van der Waals surface area contributed by atoms with Crippen molar-refractivity contribution in [1.29, 1.82) is 0 Å². The van der Waals surface area contributed by atoms with Gasteiger partial charge in [-0.2, -0.15) is 5.10 Å². The van der Waals surface area contributed by atoms with Crippen LogP contribution in [0.25, 0.3) is 11.3 Å². The lowest BCUT2D eigenvalue weighted by molar-refractivity contribution is 0.305. The van der Waals surface area contributed by atoms with Gasteiger partial charge in [0.2, 0.25) is 0 Å². The van der Waals surface area contributed by atoms with Crippen molar-refractivity contribution in [2.24, 2.45) is 0 Å². The highest BCUT2D eigenvalue weighted by Gasteiger charge is 2.13. The van der Waals surface area contributed by atoms with Gasteiger partial charge in [-0.1, -0.05) is 36.4 Å². The standard InChI is InChI=1S/C18H19N3O/c1-12-8-13(2)18(22-11-14-6-4-3-5-7-14)15(9-12)16-10-17(19)21-20-16/h3-10H,11H2,1-2H3,(H3,19,20,21). The van der Waals surface area contributed by atoms with Gasteiger partial charge in [-0.3, -0.25) is 5.10 Å². The smallest absolute Gasteiger partial charge is 0.145 e. The number of H-pyrrole nitrogens is 1. The Morgan fingerprint density at radius 2 is 1.86 bits per heavy atom. The van der Waals surface area contributed by atoms with E-state index in [2.05, 4.69) is 48.3 Å². The maximum atomic E-state index is 6.08. The average Bonchev–Trinajstić information content (AvgIpc) is 2.93. The van der Waals surface area contributed by atoms with Crippen molar-refractivity contribution >= 4 is 5.82 Å². The number of nitrogens with one attached hydrogen (secondary N) is 1. The van der Waals surface area contributed by atoms with Gasteiger partial charge in [-0.25, -0.2) is 0 Å². The van der Waals surface area contributed by atoms with E-state index < -0.39 is 0 Å². The largest absolute Gasteiger partial charge is 0.488 e. The van der Waals surface area contributed by atoms with Crippen molar-refractivity contribution in [1.82, 2.24) is 10.2 Å². The van der Waals surface area contributed by atoms with Gasteiger partial charge >= 0.3 is 0 Å². The summed E-state index contributed by atoms with van der Waals surface area (Å²) in [5.41, 5.74) is 11.0. The quantitative estimate of drug-likeness (QED) is 0.768. The maximum Gasteiger partial charge on any atom is 0.145 e. The number of aromatic nitrogens is 2. The Labute approximate surface area is 129 Å². The molecule has 3 aromatic rings. The van der Waals surface area contributed by atoms with Crippen molar-refractivity contribution in [2.75, 3.05) is 5.73 Å². The monoisotopic (exact) mass is 293 g/mol. The van der Waals surface area contributed by atoms with Crippen LogP contribution in [-0.2, 0) is 6.61 Å². The lowest BCUT2D eigenvalue weighted by atomic mass is 10.0. The normalized spacial score (nSPS) is 10.6. The average molecular weight is 293 g/mol. The van der Waals surface area contributed by atoms with E-state index in [0.717, 1.165) is 28.1 Å². The van der Waals surface area contributed by atoms with E-state index in [0.29, 0.717) is 12.4 Å². The fourth-order valence-corrected chi connectivity index (χ4v) is 2.55. The first kappa shape index (κ1) is 14.2. The van der Waals surface area contributed by atoms with Crippen LogP contribution in [0.4, 0.5) is 5.82 Å². The molecule has 2 aromatic carbocycles. The van der Waals surface area contributed by atoms with Crippen LogP contribution >= 0.6 is 0 Å². The van der Waals surface area contributed by atoms with Gasteiger partial charge in [-0.05, 0) is 36.6 Å². The number of ether oxygens (including phenoxy) is 1. The van der Waals surface area contributed by atoms with Crippen LogP contribution in [0.5, 0.6) is 5.75 Å². The van der Waals surface area contributed by atoms with Crippen LogP contribution in [0.3, 0.4) is 0 Å². The second-order valence-corrected chi connectivity index (χ2v) is 5.44. The number of nitrogens with two attached hydrogens (primary N) is 1. The third-order valence-corrected chi connectivity index (χ3v) is 3.53. The van der Waals surface area contributed by atoms with Crippen LogP contribution in [0.1, 0.15) is 16.7 Å². The molecule has 3 rings (SSSR count). The van der Waals surface area contributed by atoms with E-state index in [1.165, 1.54) is 5.56 Å². The van der Waals surface area contributed by atoms with Crippen molar-refractivity contribution in [2.45, 2.75) is 20.5 Å². The molecule has 0 fully saturated rings. The Morgan fingerprint density at radius 3 is 2.55 bits per heavy atom. The molecule has 0 aliphatic heterocycles. The molecule has 0 bridgehead atoms. The zero-order chi connectivity index (χ0) is 15.5. The summed E-state index contributed by atoms with van der Waals surface area (Å²) in [6.07, 6.45) is 0. The Hall–Kier alpha value is -2.75. The molecular formula is C18H19N3O. The number of rotatable bonds is 4. The lowest BCUT2D eigenvalue weighted by Gasteiger charge is -2.14. The molecule has 0 atom stereocenters. The number of hydrogen-bond donors (Lipinski definition) is 2. The number of benzene rings is 2. The highest BCUT2D eigenvalue weighted by Crippen LogP contribution is 2.34. The van der Waals surface area contributed by atoms with E-state index in [-0.39, 0.29) is 0 Å². The summed E-state index contributed by atoms with van der Waals surface area (Å²) in [7, 11) is 0. The topological polar surface area (TPSA) is 63.9 Å². The third kappa shape index (κ3) is 2.96. The molecule has 0 aliphatic carbocycles. The molecule has 4 heteroatoms. The van der Waals surface area contributed by atoms with E-state index in [9.17, 15) is 0 Å². The molecule has 22 heavy (non-hydrogen) atoms. The molecule has 1 heterocycles. The zero-order valence-electron chi connectivity index (χ0n) is 12.8. The molecule has 0 unspecified atom stereocenters. The van der Waals surface area contributed by atoms with Crippen LogP contribution in [0.2, 0.25) is 0 Å². The first-order valence-electron chi connectivity index (χ1n) is 7.22. The minimum atomic E-state index is 0.475. The Kier molecular flexibility index (Phi) is 3.83. The lowest BCUT2D eigenvalue weighted by Crippen LogP contribution is -1.99. The van der Waals surface area contributed by atoms with Gasteiger partial charge in [-0.15, -0.1) is 0 Å². The fourth-order valence-electron chi connectivity index (χ4n) is 2.55. The Bertz CT molecular complexity index is 778. The number of nitrogens with zero attached hydrogens (tertiary/aromatic N) is 1. The van der Waals surface area contributed by atoms with E-state index in [1.54, 1.807) is 0 Å². The second-order valence-electron chi connectivity index (χ2n) is 5.44. The number of hydrogen-bond acceptors (Lipinski definition) is 3. The van der Waals surface area contributed by atoms with E-state index in [4.69, 9.17) is 10.5 Å². The first-order chi connectivity index (χ1) is 10.6. The van der Waals surface area contributed by atoms with Gasteiger partial charge in [0.05, 0.1) is 5.69 Å². The summed E-state index contributed by atoms with van der Waals surface area (Å²) in [5, 5.41) is 6.97. The number of aromatic amines is 1. The highest BCUT2D eigenvalue weighted by atomic mass is 16.5. The molecule has 0 saturated carbocycles. The molecule has 0 radical (unpaired) electrons. The Morgan fingerprint density at radius 1 is 1.09 bits per heavy atom. The van der Waals surface area contributed by atoms with Gasteiger partial charge in [0, 0.05) is 11.6 Å². The summed E-state index contributed by atoms with van der Waals surface area (Å²) in [6, 6.07) is 16.1. The second kappa shape index (κ2) is 5.93. The highest BCUT2D eigenvalue weighted by molar-refractivity contribution is 5.71. The molecule has 1 aromatic heterocycles. The predicted molar refractivity (Wildman–Crippen MR) is 88.7 cm³/mol. The Balaban J connectivity index is 1.95.